The molecular formula is C19H23NO2. The molecule has 0 saturated heterocycles. The molecule has 0 amide bonds. The van der Waals surface area contributed by atoms with Gasteiger partial charge in [-0.15, -0.1) is 0 Å². The van der Waals surface area contributed by atoms with E-state index >= 15 is 0 Å². The fourth-order valence-corrected chi connectivity index (χ4v) is 2.76. The molecule has 1 aliphatic rings. The fourth-order valence-electron chi connectivity index (χ4n) is 2.76. The van der Waals surface area contributed by atoms with Crippen LogP contribution in [0.4, 0.5) is 0 Å². The summed E-state index contributed by atoms with van der Waals surface area (Å²) in [5.41, 5.74) is 2.60. The predicted molar refractivity (Wildman–Crippen MR) is 88.3 cm³/mol. The molecule has 0 fully saturated rings. The van der Waals surface area contributed by atoms with Crippen molar-refractivity contribution in [3.8, 4) is 11.5 Å². The third-order valence-corrected chi connectivity index (χ3v) is 3.69. The number of hydrogen-bond acceptors (Lipinski definition) is 3. The van der Waals surface area contributed by atoms with Gasteiger partial charge in [0.15, 0.2) is 11.5 Å². The number of nitrogens with one attached hydrogen (secondary N) is 1. The van der Waals surface area contributed by atoms with Crippen molar-refractivity contribution in [3.05, 3.63) is 59.7 Å². The van der Waals surface area contributed by atoms with Crippen LogP contribution in [0.15, 0.2) is 48.5 Å². The van der Waals surface area contributed by atoms with Gasteiger partial charge in [0, 0.05) is 11.6 Å². The lowest BCUT2D eigenvalue weighted by molar-refractivity contribution is 0.174. The van der Waals surface area contributed by atoms with Crippen molar-refractivity contribution in [2.75, 3.05) is 6.79 Å². The lowest BCUT2D eigenvalue weighted by atomic mass is 9.95. The monoisotopic (exact) mass is 297 g/mol. The first kappa shape index (κ1) is 14.9. The van der Waals surface area contributed by atoms with E-state index in [2.05, 4.69) is 68.6 Å². The minimum Gasteiger partial charge on any atom is -0.454 e. The van der Waals surface area contributed by atoms with Gasteiger partial charge in [0.25, 0.3) is 0 Å². The highest BCUT2D eigenvalue weighted by atomic mass is 16.7. The van der Waals surface area contributed by atoms with Gasteiger partial charge in [-0.3, -0.25) is 0 Å². The van der Waals surface area contributed by atoms with Gasteiger partial charge in [0.1, 0.15) is 0 Å². The molecule has 0 radical (unpaired) electrons. The highest BCUT2D eigenvalue weighted by Gasteiger charge is 2.20. The SMILES string of the molecule is CC(C)(C)NC(Cc1ccc2c(c1)OCO2)c1ccccc1. The van der Waals surface area contributed by atoms with E-state index < -0.39 is 0 Å². The summed E-state index contributed by atoms with van der Waals surface area (Å²) in [6.45, 7) is 6.91. The van der Waals surface area contributed by atoms with E-state index in [0.717, 1.165) is 17.9 Å². The summed E-state index contributed by atoms with van der Waals surface area (Å²) in [5.74, 6) is 1.68. The second-order valence-corrected chi connectivity index (χ2v) is 6.75. The molecule has 2 aromatic carbocycles. The highest BCUT2D eigenvalue weighted by Crippen LogP contribution is 2.34. The third kappa shape index (κ3) is 3.60. The van der Waals surface area contributed by atoms with Crippen molar-refractivity contribution in [1.29, 1.82) is 0 Å². The van der Waals surface area contributed by atoms with Crippen LogP contribution < -0.4 is 14.8 Å². The molecule has 0 aliphatic carbocycles. The Labute approximate surface area is 132 Å². The Kier molecular flexibility index (Phi) is 4.08. The summed E-state index contributed by atoms with van der Waals surface area (Å²) in [4.78, 5) is 0. The average molecular weight is 297 g/mol. The lowest BCUT2D eigenvalue weighted by Gasteiger charge is -2.29. The second-order valence-electron chi connectivity index (χ2n) is 6.75. The molecule has 0 bridgehead atoms. The molecule has 1 atom stereocenters. The van der Waals surface area contributed by atoms with Crippen LogP contribution in [0.3, 0.4) is 0 Å². The summed E-state index contributed by atoms with van der Waals surface area (Å²) in [7, 11) is 0. The smallest absolute Gasteiger partial charge is 0.231 e. The molecule has 2 aromatic rings. The summed E-state index contributed by atoms with van der Waals surface area (Å²) in [6, 6.07) is 17.1. The van der Waals surface area contributed by atoms with E-state index in [0.29, 0.717) is 6.79 Å². The molecule has 3 nitrogen and oxygen atoms in total. The van der Waals surface area contributed by atoms with Gasteiger partial charge in [-0.1, -0.05) is 36.4 Å². The van der Waals surface area contributed by atoms with E-state index in [1.807, 2.05) is 6.07 Å². The third-order valence-electron chi connectivity index (χ3n) is 3.69. The Morgan fingerprint density at radius 2 is 1.73 bits per heavy atom. The molecule has 1 aliphatic heterocycles. The fraction of sp³-hybridized carbons (Fsp3) is 0.368. The van der Waals surface area contributed by atoms with E-state index in [1.165, 1.54) is 11.1 Å². The minimum absolute atomic E-state index is 0.0524. The quantitative estimate of drug-likeness (QED) is 0.922. The van der Waals surface area contributed by atoms with Gasteiger partial charge >= 0.3 is 0 Å². The average Bonchev–Trinajstić information content (AvgIpc) is 2.94. The normalized spacial score (nSPS) is 14.9. The van der Waals surface area contributed by atoms with Crippen molar-refractivity contribution < 1.29 is 9.47 Å². The van der Waals surface area contributed by atoms with Gasteiger partial charge in [0.2, 0.25) is 6.79 Å². The topological polar surface area (TPSA) is 30.5 Å². The maximum Gasteiger partial charge on any atom is 0.231 e. The van der Waals surface area contributed by atoms with E-state index in [4.69, 9.17) is 9.47 Å². The van der Waals surface area contributed by atoms with Crippen LogP contribution in [0.25, 0.3) is 0 Å². The summed E-state index contributed by atoms with van der Waals surface area (Å²) >= 11 is 0. The molecule has 1 unspecified atom stereocenters. The molecule has 3 rings (SSSR count). The number of ether oxygens (including phenoxy) is 2. The van der Waals surface area contributed by atoms with Crippen LogP contribution in [-0.2, 0) is 6.42 Å². The molecule has 1 N–H and O–H groups in total. The summed E-state index contributed by atoms with van der Waals surface area (Å²) in [6.07, 6.45) is 0.915. The van der Waals surface area contributed by atoms with Crippen molar-refractivity contribution in [2.45, 2.75) is 38.8 Å². The van der Waals surface area contributed by atoms with Crippen LogP contribution >= 0.6 is 0 Å². The van der Waals surface area contributed by atoms with Gasteiger partial charge in [-0.05, 0) is 50.5 Å². The van der Waals surface area contributed by atoms with Crippen molar-refractivity contribution >= 4 is 0 Å². The molecular weight excluding hydrogens is 274 g/mol. The number of benzene rings is 2. The van der Waals surface area contributed by atoms with Crippen LogP contribution in [0, 0.1) is 0 Å². The lowest BCUT2D eigenvalue weighted by Crippen LogP contribution is -2.39. The molecule has 1 heterocycles. The van der Waals surface area contributed by atoms with Crippen LogP contribution in [0.2, 0.25) is 0 Å². The van der Waals surface area contributed by atoms with Gasteiger partial charge in [0.05, 0.1) is 0 Å². The highest BCUT2D eigenvalue weighted by molar-refractivity contribution is 5.45. The van der Waals surface area contributed by atoms with Crippen molar-refractivity contribution in [1.82, 2.24) is 5.32 Å². The van der Waals surface area contributed by atoms with Gasteiger partial charge in [-0.2, -0.15) is 0 Å². The molecule has 116 valence electrons. The Balaban J connectivity index is 1.83. The van der Waals surface area contributed by atoms with Crippen LogP contribution in [0.1, 0.15) is 37.9 Å². The molecule has 0 aromatic heterocycles. The zero-order valence-electron chi connectivity index (χ0n) is 13.4. The van der Waals surface area contributed by atoms with Crippen LogP contribution in [0.5, 0.6) is 11.5 Å². The largest absolute Gasteiger partial charge is 0.454 e. The first-order valence-electron chi connectivity index (χ1n) is 7.72. The van der Waals surface area contributed by atoms with E-state index in [1.54, 1.807) is 0 Å². The summed E-state index contributed by atoms with van der Waals surface area (Å²) in [5, 5.41) is 3.72. The second kappa shape index (κ2) is 6.01. The zero-order chi connectivity index (χ0) is 15.6. The van der Waals surface area contributed by atoms with Crippen molar-refractivity contribution in [3.63, 3.8) is 0 Å². The maximum atomic E-state index is 5.48. The van der Waals surface area contributed by atoms with E-state index in [-0.39, 0.29) is 11.6 Å². The van der Waals surface area contributed by atoms with Crippen molar-refractivity contribution in [2.24, 2.45) is 0 Å². The first-order chi connectivity index (χ1) is 10.5. The summed E-state index contributed by atoms with van der Waals surface area (Å²) < 4.78 is 10.9. The predicted octanol–water partition coefficient (Wildman–Crippen LogP) is 4.09. The Morgan fingerprint density at radius 3 is 2.45 bits per heavy atom. The number of hydrogen-bond donors (Lipinski definition) is 1. The van der Waals surface area contributed by atoms with Gasteiger partial charge in [-0.25, -0.2) is 0 Å². The Bertz CT molecular complexity index is 632. The Morgan fingerprint density at radius 1 is 1.00 bits per heavy atom. The zero-order valence-corrected chi connectivity index (χ0v) is 13.4. The number of fused-ring (bicyclic) bond motifs is 1. The molecule has 0 spiro atoms. The van der Waals surface area contributed by atoms with Crippen LogP contribution in [-0.4, -0.2) is 12.3 Å². The maximum absolute atomic E-state index is 5.48. The van der Waals surface area contributed by atoms with Gasteiger partial charge < -0.3 is 14.8 Å². The first-order valence-corrected chi connectivity index (χ1v) is 7.72. The molecule has 3 heteroatoms. The molecule has 22 heavy (non-hydrogen) atoms. The molecule has 0 saturated carbocycles. The Hall–Kier alpha value is -2.00. The standard InChI is InChI=1S/C19H23NO2/c1-19(2,3)20-16(15-7-5-4-6-8-15)11-14-9-10-17-18(12-14)22-13-21-17/h4-10,12,16,20H,11,13H2,1-3H3. The number of rotatable bonds is 4. The minimum atomic E-state index is 0.0524. The van der Waals surface area contributed by atoms with E-state index in [9.17, 15) is 0 Å².